The number of nitrogens with zero attached hydrogens (tertiary/aromatic N) is 1. The average Bonchev–Trinajstić information content (AvgIpc) is 2.40. The highest BCUT2D eigenvalue weighted by Crippen LogP contribution is 2.34. The van der Waals surface area contributed by atoms with Crippen LogP contribution in [0.3, 0.4) is 0 Å². The number of carbonyl (C=O) groups is 1. The lowest BCUT2D eigenvalue weighted by Gasteiger charge is -2.23. The summed E-state index contributed by atoms with van der Waals surface area (Å²) in [7, 11) is 0. The number of hydrogen-bond donors (Lipinski definition) is 3. The molecule has 2 amide bonds. The molecule has 1 aliphatic heterocycles. The van der Waals surface area contributed by atoms with Crippen LogP contribution in [0.25, 0.3) is 0 Å². The Hall–Kier alpha value is -1.59. The number of primary amides is 1. The molecule has 2 rings (SSSR count). The first-order valence-corrected chi connectivity index (χ1v) is 5.62. The van der Waals surface area contributed by atoms with E-state index in [9.17, 15) is 9.90 Å². The first-order chi connectivity index (χ1) is 8.02. The molecular formula is C12H17N3O2. The fraction of sp³-hybridized carbons (Fsp3) is 0.417. The van der Waals surface area contributed by atoms with Crippen molar-refractivity contribution in [3.8, 4) is 0 Å². The Morgan fingerprint density at radius 3 is 2.88 bits per heavy atom. The van der Waals surface area contributed by atoms with Crippen LogP contribution in [-0.2, 0) is 0 Å². The number of hydrogen-bond acceptors (Lipinski definition) is 3. The molecule has 1 aromatic carbocycles. The molecule has 0 aliphatic carbocycles. The second-order valence-corrected chi connectivity index (χ2v) is 4.40. The van der Waals surface area contributed by atoms with Crippen molar-refractivity contribution in [1.82, 2.24) is 0 Å². The summed E-state index contributed by atoms with van der Waals surface area (Å²) in [4.78, 5) is 12.9. The molecule has 92 valence electrons. The Bertz CT molecular complexity index is 447. The Labute approximate surface area is 100 Å². The topological polar surface area (TPSA) is 92.6 Å². The number of aliphatic hydroxyl groups is 1. The van der Waals surface area contributed by atoms with E-state index in [1.807, 2.05) is 19.1 Å². The van der Waals surface area contributed by atoms with Gasteiger partial charge < -0.3 is 16.6 Å². The van der Waals surface area contributed by atoms with Crippen LogP contribution in [0.4, 0.5) is 10.5 Å². The molecule has 0 fully saturated rings. The van der Waals surface area contributed by atoms with Gasteiger partial charge in [-0.3, -0.25) is 4.90 Å². The van der Waals surface area contributed by atoms with Gasteiger partial charge in [-0.15, -0.1) is 0 Å². The smallest absolute Gasteiger partial charge is 0.319 e. The summed E-state index contributed by atoms with van der Waals surface area (Å²) < 4.78 is 0. The van der Waals surface area contributed by atoms with Crippen molar-refractivity contribution >= 4 is 11.7 Å². The number of anilines is 1. The van der Waals surface area contributed by atoms with Gasteiger partial charge >= 0.3 is 6.03 Å². The maximum absolute atomic E-state index is 11.5. The number of aryl methyl sites for hydroxylation is 1. The quantitative estimate of drug-likeness (QED) is 0.616. The van der Waals surface area contributed by atoms with Crippen molar-refractivity contribution < 1.29 is 9.90 Å². The van der Waals surface area contributed by atoms with E-state index >= 15 is 0 Å². The van der Waals surface area contributed by atoms with Gasteiger partial charge in [-0.05, 0) is 18.9 Å². The number of rotatable bonds is 0. The zero-order valence-electron chi connectivity index (χ0n) is 9.76. The lowest BCUT2D eigenvalue weighted by Crippen LogP contribution is -2.38. The molecule has 0 radical (unpaired) electrons. The average molecular weight is 235 g/mol. The highest BCUT2D eigenvalue weighted by molar-refractivity contribution is 5.92. The monoisotopic (exact) mass is 235 g/mol. The number of carbonyl (C=O) groups excluding carboxylic acids is 1. The summed E-state index contributed by atoms with van der Waals surface area (Å²) in [5.74, 6) is 0. The summed E-state index contributed by atoms with van der Waals surface area (Å²) in [5.41, 5.74) is 13.5. The van der Waals surface area contributed by atoms with Gasteiger partial charge in [0.1, 0.15) is 0 Å². The largest absolute Gasteiger partial charge is 0.387 e. The number of urea groups is 1. The number of amides is 2. The molecule has 0 aromatic heterocycles. The van der Waals surface area contributed by atoms with Gasteiger partial charge in [-0.25, -0.2) is 4.79 Å². The Kier molecular flexibility index (Phi) is 3.04. The lowest BCUT2D eigenvalue weighted by molar-refractivity contribution is 0.146. The van der Waals surface area contributed by atoms with E-state index < -0.39 is 12.1 Å². The fourth-order valence-electron chi connectivity index (χ4n) is 2.29. The lowest BCUT2D eigenvalue weighted by atomic mass is 9.99. The van der Waals surface area contributed by atoms with Crippen molar-refractivity contribution in [3.05, 3.63) is 29.3 Å². The van der Waals surface area contributed by atoms with Crippen LogP contribution in [0.2, 0.25) is 0 Å². The molecule has 17 heavy (non-hydrogen) atoms. The summed E-state index contributed by atoms with van der Waals surface area (Å²) in [6, 6.07) is 4.63. The number of aliphatic hydroxyl groups excluding tert-OH is 1. The van der Waals surface area contributed by atoms with Crippen molar-refractivity contribution in [1.29, 1.82) is 0 Å². The Morgan fingerprint density at radius 1 is 1.53 bits per heavy atom. The van der Waals surface area contributed by atoms with Crippen LogP contribution in [0.5, 0.6) is 0 Å². The SMILES string of the molecule is Cc1cccc2c1N(C(N)=O)CC[C@@H](N)[C@@H]2O. The standard InChI is InChI=1S/C12H17N3O2/c1-7-3-2-4-8-10(7)15(12(14)17)6-5-9(13)11(8)16/h2-4,9,11,16H,5-6,13H2,1H3,(H2,14,17)/t9-,11-/m1/s1. The van der Waals surface area contributed by atoms with Crippen LogP contribution in [0.15, 0.2) is 18.2 Å². The summed E-state index contributed by atoms with van der Waals surface area (Å²) in [6.07, 6.45) is -0.229. The molecule has 0 saturated heterocycles. The highest BCUT2D eigenvalue weighted by Gasteiger charge is 2.29. The first kappa shape index (κ1) is 11.9. The predicted molar refractivity (Wildman–Crippen MR) is 65.7 cm³/mol. The minimum absolute atomic E-state index is 0.375. The molecule has 5 heteroatoms. The number of nitrogens with two attached hydrogens (primary N) is 2. The molecule has 0 unspecified atom stereocenters. The second kappa shape index (κ2) is 4.35. The molecule has 0 saturated carbocycles. The molecule has 5 nitrogen and oxygen atoms in total. The van der Waals surface area contributed by atoms with E-state index in [1.54, 1.807) is 6.07 Å². The molecule has 1 aromatic rings. The van der Waals surface area contributed by atoms with Crippen molar-refractivity contribution in [3.63, 3.8) is 0 Å². The van der Waals surface area contributed by atoms with E-state index in [2.05, 4.69) is 0 Å². The van der Waals surface area contributed by atoms with Gasteiger partial charge in [-0.1, -0.05) is 18.2 Å². The van der Waals surface area contributed by atoms with Gasteiger partial charge in [0.2, 0.25) is 0 Å². The van der Waals surface area contributed by atoms with Gasteiger partial charge in [0.25, 0.3) is 0 Å². The Balaban J connectivity index is 2.59. The van der Waals surface area contributed by atoms with Gasteiger partial charge in [0, 0.05) is 18.2 Å². The number of para-hydroxylation sites is 1. The van der Waals surface area contributed by atoms with Gasteiger partial charge in [0.15, 0.2) is 0 Å². The molecule has 0 spiro atoms. The van der Waals surface area contributed by atoms with Crippen LogP contribution in [-0.4, -0.2) is 23.7 Å². The normalized spacial score (nSPS) is 24.1. The zero-order valence-corrected chi connectivity index (χ0v) is 9.76. The van der Waals surface area contributed by atoms with E-state index in [0.29, 0.717) is 24.2 Å². The molecule has 5 N–H and O–H groups in total. The van der Waals surface area contributed by atoms with E-state index in [4.69, 9.17) is 11.5 Å². The summed E-state index contributed by atoms with van der Waals surface area (Å²) >= 11 is 0. The van der Waals surface area contributed by atoms with Crippen LogP contribution in [0, 0.1) is 6.92 Å². The number of benzene rings is 1. The number of fused-ring (bicyclic) bond motifs is 1. The molecule has 1 heterocycles. The van der Waals surface area contributed by atoms with Crippen molar-refractivity contribution in [2.45, 2.75) is 25.5 Å². The zero-order chi connectivity index (χ0) is 12.6. The molecule has 2 atom stereocenters. The maximum atomic E-state index is 11.5. The first-order valence-electron chi connectivity index (χ1n) is 5.62. The summed E-state index contributed by atoms with van der Waals surface area (Å²) in [6.45, 7) is 2.32. The predicted octanol–water partition coefficient (Wildman–Crippen LogP) is 0.645. The van der Waals surface area contributed by atoms with Crippen molar-refractivity contribution in [2.24, 2.45) is 11.5 Å². The van der Waals surface area contributed by atoms with E-state index in [0.717, 1.165) is 5.56 Å². The highest BCUT2D eigenvalue weighted by atomic mass is 16.3. The van der Waals surface area contributed by atoms with Gasteiger partial charge in [0.05, 0.1) is 11.8 Å². The third-order valence-corrected chi connectivity index (χ3v) is 3.22. The summed E-state index contributed by atoms with van der Waals surface area (Å²) in [5, 5.41) is 10.1. The van der Waals surface area contributed by atoms with Crippen LogP contribution >= 0.6 is 0 Å². The third-order valence-electron chi connectivity index (χ3n) is 3.22. The third kappa shape index (κ3) is 1.99. The molecule has 1 aliphatic rings. The minimum atomic E-state index is -0.755. The van der Waals surface area contributed by atoms with E-state index in [1.165, 1.54) is 4.90 Å². The maximum Gasteiger partial charge on any atom is 0.319 e. The minimum Gasteiger partial charge on any atom is -0.387 e. The van der Waals surface area contributed by atoms with Crippen LogP contribution < -0.4 is 16.4 Å². The van der Waals surface area contributed by atoms with Crippen molar-refractivity contribution in [2.75, 3.05) is 11.4 Å². The molecular weight excluding hydrogens is 218 g/mol. The van der Waals surface area contributed by atoms with E-state index in [-0.39, 0.29) is 6.04 Å². The van der Waals surface area contributed by atoms with Gasteiger partial charge in [-0.2, -0.15) is 0 Å². The fourth-order valence-corrected chi connectivity index (χ4v) is 2.29. The van der Waals surface area contributed by atoms with Crippen LogP contribution in [0.1, 0.15) is 23.7 Å². The molecule has 0 bridgehead atoms. The Morgan fingerprint density at radius 2 is 2.24 bits per heavy atom. The second-order valence-electron chi connectivity index (χ2n) is 4.40.